The van der Waals surface area contributed by atoms with Crippen LogP contribution in [0.4, 0.5) is 0 Å². The van der Waals surface area contributed by atoms with Gasteiger partial charge >= 0.3 is 11.8 Å². The van der Waals surface area contributed by atoms with E-state index in [4.69, 9.17) is 4.74 Å². The van der Waals surface area contributed by atoms with Gasteiger partial charge in [-0.05, 0) is 17.5 Å². The first-order chi connectivity index (χ1) is 12.2. The van der Waals surface area contributed by atoms with Gasteiger partial charge in [0.2, 0.25) is 0 Å². The molecule has 0 saturated carbocycles. The highest BCUT2D eigenvalue weighted by Gasteiger charge is 2.21. The molecule has 132 valence electrons. The number of hydrogen-bond donors (Lipinski definition) is 1. The lowest BCUT2D eigenvalue weighted by Crippen LogP contribution is -2.42. The van der Waals surface area contributed by atoms with Crippen molar-refractivity contribution in [3.05, 3.63) is 71.8 Å². The summed E-state index contributed by atoms with van der Waals surface area (Å²) >= 11 is 0. The van der Waals surface area contributed by atoms with E-state index in [1.807, 2.05) is 60.7 Å². The number of nitrogens with zero attached hydrogens (tertiary/aromatic N) is 1. The van der Waals surface area contributed by atoms with E-state index in [0.717, 1.165) is 11.1 Å². The molecule has 2 aromatic carbocycles. The maximum Gasteiger partial charge on any atom is 0.312 e. The Labute approximate surface area is 148 Å². The molecule has 0 aliphatic heterocycles. The molecule has 0 radical (unpaired) electrons. The summed E-state index contributed by atoms with van der Waals surface area (Å²) in [6, 6.07) is 19.3. The van der Waals surface area contributed by atoms with Crippen LogP contribution in [0.25, 0.3) is 0 Å². The molecule has 5 nitrogen and oxygen atoms in total. The van der Waals surface area contributed by atoms with Gasteiger partial charge in [-0.25, -0.2) is 0 Å². The first-order valence-corrected chi connectivity index (χ1v) is 8.34. The van der Waals surface area contributed by atoms with E-state index in [1.165, 1.54) is 0 Å². The number of benzene rings is 2. The summed E-state index contributed by atoms with van der Waals surface area (Å²) in [5, 5.41) is 2.66. The third kappa shape index (κ3) is 6.39. The highest BCUT2D eigenvalue weighted by atomic mass is 16.5. The molecular formula is C20H24N2O3. The monoisotopic (exact) mass is 340 g/mol. The molecule has 25 heavy (non-hydrogen) atoms. The summed E-state index contributed by atoms with van der Waals surface area (Å²) in [7, 11) is 1.61. The summed E-state index contributed by atoms with van der Waals surface area (Å²) in [6.45, 7) is 1.75. The molecule has 5 heteroatoms. The van der Waals surface area contributed by atoms with E-state index in [0.29, 0.717) is 32.7 Å². The number of carbonyl (C=O) groups excluding carboxylic acids is 2. The molecule has 2 amide bonds. The van der Waals surface area contributed by atoms with Gasteiger partial charge in [-0.2, -0.15) is 0 Å². The van der Waals surface area contributed by atoms with E-state index in [9.17, 15) is 9.59 Å². The number of rotatable bonds is 8. The Morgan fingerprint density at radius 2 is 1.44 bits per heavy atom. The molecule has 0 aliphatic carbocycles. The van der Waals surface area contributed by atoms with Gasteiger partial charge < -0.3 is 15.0 Å². The van der Waals surface area contributed by atoms with Crippen LogP contribution in [0.2, 0.25) is 0 Å². The molecule has 0 spiro atoms. The Balaban J connectivity index is 2.04. The molecule has 0 aliphatic rings. The molecule has 0 atom stereocenters. The fourth-order valence-corrected chi connectivity index (χ4v) is 2.44. The predicted octanol–water partition coefficient (Wildman–Crippen LogP) is 2.37. The topological polar surface area (TPSA) is 58.6 Å². The molecule has 1 N–H and O–H groups in total. The molecule has 2 rings (SSSR count). The molecule has 0 heterocycles. The van der Waals surface area contributed by atoms with Crippen molar-refractivity contribution in [2.45, 2.75) is 19.5 Å². The average Bonchev–Trinajstić information content (AvgIpc) is 2.65. The second-order valence-corrected chi connectivity index (χ2v) is 5.73. The van der Waals surface area contributed by atoms with Crippen LogP contribution in [0.1, 0.15) is 17.5 Å². The van der Waals surface area contributed by atoms with E-state index >= 15 is 0 Å². The predicted molar refractivity (Wildman–Crippen MR) is 96.6 cm³/mol. The normalized spacial score (nSPS) is 10.3. The van der Waals surface area contributed by atoms with Crippen LogP contribution in [0.15, 0.2) is 60.7 Å². The maximum atomic E-state index is 12.6. The number of carbonyl (C=O) groups is 2. The molecular weight excluding hydrogens is 316 g/mol. The number of ether oxygens (including phenoxy) is 1. The van der Waals surface area contributed by atoms with Crippen LogP contribution in [0.3, 0.4) is 0 Å². The molecule has 0 aromatic heterocycles. The van der Waals surface area contributed by atoms with Gasteiger partial charge in [-0.1, -0.05) is 60.7 Å². The Kier molecular flexibility index (Phi) is 7.66. The minimum Gasteiger partial charge on any atom is -0.385 e. The van der Waals surface area contributed by atoms with Gasteiger partial charge in [-0.3, -0.25) is 9.59 Å². The zero-order chi connectivity index (χ0) is 17.9. The zero-order valence-corrected chi connectivity index (χ0v) is 14.5. The molecule has 0 fully saturated rings. The number of methoxy groups -OCH3 is 1. The van der Waals surface area contributed by atoms with Crippen LogP contribution in [0.5, 0.6) is 0 Å². The van der Waals surface area contributed by atoms with Gasteiger partial charge in [-0.15, -0.1) is 0 Å². The molecule has 0 unspecified atom stereocenters. The van der Waals surface area contributed by atoms with Crippen LogP contribution in [-0.2, 0) is 27.4 Å². The maximum absolute atomic E-state index is 12.6. The highest BCUT2D eigenvalue weighted by molar-refractivity contribution is 6.34. The average molecular weight is 340 g/mol. The van der Waals surface area contributed by atoms with Crippen molar-refractivity contribution >= 4 is 11.8 Å². The fourth-order valence-electron chi connectivity index (χ4n) is 2.44. The van der Waals surface area contributed by atoms with Gasteiger partial charge in [0.05, 0.1) is 0 Å². The molecule has 0 bridgehead atoms. The fraction of sp³-hybridized carbons (Fsp3) is 0.300. The van der Waals surface area contributed by atoms with Gasteiger partial charge in [0.1, 0.15) is 0 Å². The van der Waals surface area contributed by atoms with Crippen molar-refractivity contribution in [3.8, 4) is 0 Å². The largest absolute Gasteiger partial charge is 0.385 e. The van der Waals surface area contributed by atoms with Crippen molar-refractivity contribution in [3.63, 3.8) is 0 Å². The second kappa shape index (κ2) is 10.3. The van der Waals surface area contributed by atoms with Crippen molar-refractivity contribution in [1.82, 2.24) is 10.2 Å². The minimum atomic E-state index is -0.581. The Bertz CT molecular complexity index is 618. The van der Waals surface area contributed by atoms with E-state index in [-0.39, 0.29) is 0 Å². The van der Waals surface area contributed by atoms with E-state index in [1.54, 1.807) is 12.0 Å². The van der Waals surface area contributed by atoms with Crippen LogP contribution in [-0.4, -0.2) is 37.0 Å². The Morgan fingerprint density at radius 1 is 0.920 bits per heavy atom. The van der Waals surface area contributed by atoms with Crippen LogP contribution in [0, 0.1) is 0 Å². The summed E-state index contributed by atoms with van der Waals surface area (Å²) < 4.78 is 4.94. The third-order valence-electron chi connectivity index (χ3n) is 3.72. The third-order valence-corrected chi connectivity index (χ3v) is 3.72. The van der Waals surface area contributed by atoms with E-state index in [2.05, 4.69) is 5.32 Å². The van der Waals surface area contributed by atoms with Crippen molar-refractivity contribution in [2.75, 3.05) is 20.3 Å². The summed E-state index contributed by atoms with van der Waals surface area (Å²) in [4.78, 5) is 26.3. The summed E-state index contributed by atoms with van der Waals surface area (Å²) in [5.41, 5.74) is 1.97. The lowest BCUT2D eigenvalue weighted by molar-refractivity contribution is -0.146. The first-order valence-electron chi connectivity index (χ1n) is 8.34. The summed E-state index contributed by atoms with van der Waals surface area (Å²) in [6.07, 6.45) is 0.674. The number of hydrogen-bond acceptors (Lipinski definition) is 3. The summed E-state index contributed by atoms with van der Waals surface area (Å²) in [5.74, 6) is -1.10. The quantitative estimate of drug-likeness (QED) is 0.593. The lowest BCUT2D eigenvalue weighted by atomic mass is 10.1. The zero-order valence-electron chi connectivity index (χ0n) is 14.5. The molecule has 0 saturated heterocycles. The van der Waals surface area contributed by atoms with Crippen molar-refractivity contribution < 1.29 is 14.3 Å². The Morgan fingerprint density at radius 3 is 1.92 bits per heavy atom. The first kappa shape index (κ1) is 18.7. The number of amides is 2. The minimum absolute atomic E-state index is 0.389. The molecule has 2 aromatic rings. The lowest BCUT2D eigenvalue weighted by Gasteiger charge is -2.22. The van der Waals surface area contributed by atoms with Gasteiger partial charge in [0.25, 0.3) is 0 Å². The highest BCUT2D eigenvalue weighted by Crippen LogP contribution is 2.10. The van der Waals surface area contributed by atoms with Crippen molar-refractivity contribution in [2.24, 2.45) is 0 Å². The van der Waals surface area contributed by atoms with Gasteiger partial charge in [0, 0.05) is 33.4 Å². The van der Waals surface area contributed by atoms with Crippen LogP contribution >= 0.6 is 0 Å². The van der Waals surface area contributed by atoms with Crippen LogP contribution < -0.4 is 5.32 Å². The number of nitrogens with one attached hydrogen (secondary N) is 1. The van der Waals surface area contributed by atoms with E-state index < -0.39 is 11.8 Å². The smallest absolute Gasteiger partial charge is 0.312 e. The standard InChI is InChI=1S/C20H24N2O3/c1-25-14-8-13-21-19(23)20(24)22(15-17-9-4-2-5-10-17)16-18-11-6-3-7-12-18/h2-7,9-12H,8,13-16H2,1H3,(H,21,23). The Hall–Kier alpha value is -2.66. The van der Waals surface area contributed by atoms with Crippen molar-refractivity contribution in [1.29, 1.82) is 0 Å². The SMILES string of the molecule is COCCCNC(=O)C(=O)N(Cc1ccccc1)Cc1ccccc1. The van der Waals surface area contributed by atoms with Gasteiger partial charge in [0.15, 0.2) is 0 Å². The second-order valence-electron chi connectivity index (χ2n) is 5.73.